The highest BCUT2D eigenvalue weighted by Gasteiger charge is 2.19. The van der Waals surface area contributed by atoms with Crippen molar-refractivity contribution in [1.82, 2.24) is 10.3 Å². The Morgan fingerprint density at radius 1 is 1.25 bits per heavy atom. The lowest BCUT2D eigenvalue weighted by Crippen LogP contribution is -2.15. The molecule has 0 bridgehead atoms. The van der Waals surface area contributed by atoms with Crippen LogP contribution >= 0.6 is 0 Å². The zero-order chi connectivity index (χ0) is 13.9. The van der Waals surface area contributed by atoms with Gasteiger partial charge in [-0.2, -0.15) is 0 Å². The lowest BCUT2D eigenvalue weighted by molar-refractivity contribution is -0.115. The summed E-state index contributed by atoms with van der Waals surface area (Å²) in [4.78, 5) is 27.4. The van der Waals surface area contributed by atoms with Crippen LogP contribution in [0.3, 0.4) is 0 Å². The Morgan fingerprint density at radius 3 is 2.85 bits per heavy atom. The van der Waals surface area contributed by atoms with Crippen molar-refractivity contribution in [2.75, 3.05) is 5.32 Å². The van der Waals surface area contributed by atoms with Crippen LogP contribution in [-0.4, -0.2) is 16.8 Å². The molecule has 0 saturated carbocycles. The van der Waals surface area contributed by atoms with Crippen LogP contribution in [0.2, 0.25) is 0 Å². The highest BCUT2D eigenvalue weighted by Crippen LogP contribution is 2.20. The minimum absolute atomic E-state index is 0.0924. The van der Waals surface area contributed by atoms with Gasteiger partial charge < -0.3 is 10.6 Å². The normalized spacial score (nSPS) is 12.7. The summed E-state index contributed by atoms with van der Waals surface area (Å²) in [5.41, 5.74) is 3.13. The Kier molecular flexibility index (Phi) is 3.16. The van der Waals surface area contributed by atoms with Crippen LogP contribution < -0.4 is 10.6 Å². The van der Waals surface area contributed by atoms with Gasteiger partial charge in [-0.3, -0.25) is 14.6 Å². The van der Waals surface area contributed by atoms with Gasteiger partial charge in [-0.05, 0) is 35.4 Å². The summed E-state index contributed by atoms with van der Waals surface area (Å²) < 4.78 is 0. The van der Waals surface area contributed by atoms with Gasteiger partial charge in [0.25, 0.3) is 5.91 Å². The van der Waals surface area contributed by atoms with Gasteiger partial charge in [-0.1, -0.05) is 6.07 Å². The summed E-state index contributed by atoms with van der Waals surface area (Å²) in [5, 5.41) is 5.55. The summed E-state index contributed by atoms with van der Waals surface area (Å²) in [6.07, 6.45) is 3.59. The highest BCUT2D eigenvalue weighted by atomic mass is 16.2. The van der Waals surface area contributed by atoms with Crippen LogP contribution in [0.4, 0.5) is 5.69 Å². The number of amides is 2. The Balaban J connectivity index is 1.71. The minimum Gasteiger partial charge on any atom is -0.348 e. The fourth-order valence-electron chi connectivity index (χ4n) is 2.18. The van der Waals surface area contributed by atoms with Crippen molar-refractivity contribution in [3.8, 4) is 0 Å². The summed E-state index contributed by atoms with van der Waals surface area (Å²) in [6.45, 7) is 0.555. The third kappa shape index (κ3) is 2.51. The molecule has 0 unspecified atom stereocenters. The minimum atomic E-state index is -0.116. The number of hydrogen-bond donors (Lipinski definition) is 2. The van der Waals surface area contributed by atoms with Crippen LogP contribution in [0.15, 0.2) is 42.7 Å². The Bertz CT molecular complexity index is 668. The average molecular weight is 267 g/mol. The molecule has 0 spiro atoms. The number of benzene rings is 1. The number of anilines is 1. The monoisotopic (exact) mass is 267 g/mol. The molecule has 0 atom stereocenters. The van der Waals surface area contributed by atoms with Crippen molar-refractivity contribution >= 4 is 17.5 Å². The van der Waals surface area contributed by atoms with Gasteiger partial charge in [0.15, 0.2) is 0 Å². The molecule has 1 aliphatic heterocycles. The third-order valence-corrected chi connectivity index (χ3v) is 3.19. The van der Waals surface area contributed by atoms with Crippen molar-refractivity contribution in [3.63, 3.8) is 0 Å². The van der Waals surface area contributed by atoms with E-state index in [4.69, 9.17) is 0 Å². The molecule has 0 saturated heterocycles. The van der Waals surface area contributed by atoms with Gasteiger partial charge in [0, 0.05) is 30.2 Å². The second-order valence-electron chi connectivity index (χ2n) is 4.64. The van der Waals surface area contributed by atoms with Crippen molar-refractivity contribution in [1.29, 1.82) is 0 Å². The van der Waals surface area contributed by atoms with Gasteiger partial charge in [-0.15, -0.1) is 0 Å². The molecule has 2 aromatic rings. The molecule has 0 radical (unpaired) electrons. The predicted molar refractivity (Wildman–Crippen MR) is 74.2 cm³/mol. The predicted octanol–water partition coefficient (Wildman–Crippen LogP) is 1.51. The number of rotatable bonds is 3. The van der Waals surface area contributed by atoms with E-state index in [-0.39, 0.29) is 18.2 Å². The van der Waals surface area contributed by atoms with Gasteiger partial charge in [-0.25, -0.2) is 0 Å². The van der Waals surface area contributed by atoms with Gasteiger partial charge in [0.2, 0.25) is 5.91 Å². The molecule has 2 amide bonds. The van der Waals surface area contributed by atoms with Crippen LogP contribution in [0.1, 0.15) is 21.5 Å². The largest absolute Gasteiger partial charge is 0.348 e. The number of hydrogen-bond acceptors (Lipinski definition) is 3. The molecule has 2 N–H and O–H groups in total. The number of pyridine rings is 1. The molecule has 100 valence electrons. The molecule has 2 heterocycles. The molecule has 5 heteroatoms. The third-order valence-electron chi connectivity index (χ3n) is 3.19. The number of carbonyl (C=O) groups excluding carboxylic acids is 2. The van der Waals surface area contributed by atoms with E-state index in [0.29, 0.717) is 17.8 Å². The van der Waals surface area contributed by atoms with E-state index < -0.39 is 0 Å². The smallest absolute Gasteiger partial charge is 0.251 e. The summed E-state index contributed by atoms with van der Waals surface area (Å²) in [7, 11) is 0. The number of carbonyl (C=O) groups is 2. The first-order valence-electron chi connectivity index (χ1n) is 6.32. The Hall–Kier alpha value is -2.69. The van der Waals surface area contributed by atoms with Gasteiger partial charge in [0.05, 0.1) is 6.42 Å². The summed E-state index contributed by atoms with van der Waals surface area (Å²) >= 11 is 0. The molecule has 5 nitrogen and oxygen atoms in total. The quantitative estimate of drug-likeness (QED) is 0.885. The zero-order valence-corrected chi connectivity index (χ0v) is 10.7. The maximum absolute atomic E-state index is 11.9. The zero-order valence-electron chi connectivity index (χ0n) is 10.7. The van der Waals surface area contributed by atoms with Gasteiger partial charge >= 0.3 is 0 Å². The number of nitrogens with zero attached hydrogens (tertiary/aromatic N) is 1. The van der Waals surface area contributed by atoms with E-state index in [2.05, 4.69) is 15.6 Å². The van der Waals surface area contributed by atoms with Crippen LogP contribution in [0.5, 0.6) is 0 Å². The Morgan fingerprint density at radius 2 is 2.05 bits per heavy atom. The highest BCUT2D eigenvalue weighted by molar-refractivity contribution is 6.00. The maximum atomic E-state index is 11.9. The standard InChI is InChI=1S/C15H13N3O2/c19-14(7-10-3-5-16-6-4-10)18-12-2-1-11-9-17-15(20)13(11)8-12/h1-6,8H,7,9H2,(H,17,20)(H,18,19). The van der Waals surface area contributed by atoms with E-state index >= 15 is 0 Å². The van der Waals surface area contributed by atoms with E-state index in [1.165, 1.54) is 0 Å². The second kappa shape index (κ2) is 5.13. The van der Waals surface area contributed by atoms with Crippen LogP contribution in [0.25, 0.3) is 0 Å². The summed E-state index contributed by atoms with van der Waals surface area (Å²) in [6, 6.07) is 8.98. The first kappa shape index (κ1) is 12.3. The number of nitrogens with one attached hydrogen (secondary N) is 2. The molecule has 3 rings (SSSR count). The molecule has 0 fully saturated rings. The fraction of sp³-hybridized carbons (Fsp3) is 0.133. The fourth-order valence-corrected chi connectivity index (χ4v) is 2.18. The average Bonchev–Trinajstić information content (AvgIpc) is 2.81. The van der Waals surface area contributed by atoms with Crippen LogP contribution in [0, 0.1) is 0 Å². The van der Waals surface area contributed by atoms with E-state index in [9.17, 15) is 9.59 Å². The second-order valence-corrected chi connectivity index (χ2v) is 4.64. The van der Waals surface area contributed by atoms with Crippen LogP contribution in [-0.2, 0) is 17.8 Å². The number of aromatic nitrogens is 1. The maximum Gasteiger partial charge on any atom is 0.251 e. The molecule has 0 aliphatic carbocycles. The number of fused-ring (bicyclic) bond motifs is 1. The van der Waals surface area contributed by atoms with E-state index in [1.54, 1.807) is 30.6 Å². The van der Waals surface area contributed by atoms with E-state index in [1.807, 2.05) is 12.1 Å². The molecule has 20 heavy (non-hydrogen) atoms. The van der Waals surface area contributed by atoms with E-state index in [0.717, 1.165) is 11.1 Å². The lowest BCUT2D eigenvalue weighted by atomic mass is 10.1. The summed E-state index contributed by atoms with van der Waals surface area (Å²) in [5.74, 6) is -0.209. The molecule has 1 aromatic carbocycles. The first-order valence-corrected chi connectivity index (χ1v) is 6.32. The van der Waals surface area contributed by atoms with Gasteiger partial charge in [0.1, 0.15) is 0 Å². The lowest BCUT2D eigenvalue weighted by Gasteiger charge is -2.06. The van der Waals surface area contributed by atoms with Crippen molar-refractivity contribution in [3.05, 3.63) is 59.4 Å². The van der Waals surface area contributed by atoms with Crippen molar-refractivity contribution in [2.24, 2.45) is 0 Å². The molecular weight excluding hydrogens is 254 g/mol. The first-order chi connectivity index (χ1) is 9.72. The van der Waals surface area contributed by atoms with Crippen molar-refractivity contribution < 1.29 is 9.59 Å². The molecular formula is C15H13N3O2. The van der Waals surface area contributed by atoms with Crippen molar-refractivity contribution in [2.45, 2.75) is 13.0 Å². The molecule has 1 aromatic heterocycles. The Labute approximate surface area is 116 Å². The molecule has 1 aliphatic rings. The topological polar surface area (TPSA) is 71.1 Å². The SMILES string of the molecule is O=C(Cc1ccncc1)Nc1ccc2c(c1)C(=O)NC2.